The van der Waals surface area contributed by atoms with Gasteiger partial charge in [0.05, 0.1) is 5.69 Å². The van der Waals surface area contributed by atoms with Gasteiger partial charge in [0.25, 0.3) is 0 Å². The molecule has 1 N–H and O–H groups in total. The molecule has 0 aliphatic carbocycles. The maximum absolute atomic E-state index is 5.53. The number of nitrogens with one attached hydrogen (secondary N) is 1. The zero-order chi connectivity index (χ0) is 8.10. The van der Waals surface area contributed by atoms with Gasteiger partial charge in [-0.25, -0.2) is 0 Å². The molecule has 5 heteroatoms. The lowest BCUT2D eigenvalue weighted by molar-refractivity contribution is 0.732. The van der Waals surface area contributed by atoms with Crippen LogP contribution in [0.1, 0.15) is 5.69 Å². The predicted molar refractivity (Wildman–Crippen MR) is 46.6 cm³/mol. The molecule has 0 amide bonds. The Morgan fingerprint density at radius 3 is 3.18 bits per heavy atom. The third-order valence-electron chi connectivity index (χ3n) is 1.03. The monoisotopic (exact) mass is 189 g/mol. The molecule has 1 aromatic rings. The highest BCUT2D eigenvalue weighted by atomic mass is 35.5. The molecule has 0 aliphatic heterocycles. The van der Waals surface area contributed by atoms with Crippen LogP contribution < -0.4 is 5.32 Å². The zero-order valence-electron chi connectivity index (χ0n) is 5.88. The second-order valence-corrected chi connectivity index (χ2v) is 3.16. The fourth-order valence-corrected chi connectivity index (χ4v) is 1.13. The van der Waals surface area contributed by atoms with E-state index in [1.807, 2.05) is 5.38 Å². The van der Waals surface area contributed by atoms with Crippen LogP contribution in [0.4, 0.5) is 0 Å². The molecule has 0 saturated carbocycles. The minimum absolute atomic E-state index is 0.605. The molecule has 0 aromatic carbocycles. The number of aromatic nitrogens is 2. The molecule has 0 spiro atoms. The van der Waals surface area contributed by atoms with Gasteiger partial charge in [-0.05, 0) is 11.5 Å². The normalized spacial score (nSPS) is 9.91. The minimum atomic E-state index is 0.605. The van der Waals surface area contributed by atoms with Gasteiger partial charge in [-0.15, -0.1) is 5.10 Å². The summed E-state index contributed by atoms with van der Waals surface area (Å²) in [5.41, 5.74) is 0.938. The molecule has 3 nitrogen and oxygen atoms in total. The molecule has 0 fully saturated rings. The van der Waals surface area contributed by atoms with Gasteiger partial charge in [0, 0.05) is 23.5 Å². The van der Waals surface area contributed by atoms with Crippen LogP contribution in [-0.2, 0) is 6.54 Å². The second kappa shape index (κ2) is 4.43. The van der Waals surface area contributed by atoms with E-state index in [2.05, 4.69) is 21.5 Å². The molecule has 0 saturated heterocycles. The second-order valence-electron chi connectivity index (χ2n) is 2.02. The van der Waals surface area contributed by atoms with Crippen molar-refractivity contribution in [3.63, 3.8) is 0 Å². The van der Waals surface area contributed by atoms with Gasteiger partial charge in [0.15, 0.2) is 0 Å². The Labute approximate surface area is 74.2 Å². The van der Waals surface area contributed by atoms with Gasteiger partial charge in [0.2, 0.25) is 0 Å². The summed E-state index contributed by atoms with van der Waals surface area (Å²) < 4.78 is 3.72. The van der Waals surface area contributed by atoms with Crippen molar-refractivity contribution in [2.24, 2.45) is 0 Å². The van der Waals surface area contributed by atoms with Crippen LogP contribution in [0.2, 0.25) is 0 Å². The van der Waals surface area contributed by atoms with Crippen LogP contribution in [0.25, 0.3) is 0 Å². The highest BCUT2D eigenvalue weighted by Crippen LogP contribution is 1.97. The maximum Gasteiger partial charge on any atom is 0.0893 e. The Kier molecular flexibility index (Phi) is 3.48. The minimum Gasteiger partial charge on any atom is -0.306 e. The lowest BCUT2D eigenvalue weighted by Crippen LogP contribution is -2.14. The molecule has 1 aromatic heterocycles. The third-order valence-corrected chi connectivity index (χ3v) is 1.72. The van der Waals surface area contributed by atoms with Crippen LogP contribution in [0.5, 0.6) is 0 Å². The van der Waals surface area contributed by atoms with E-state index in [0.29, 0.717) is 18.1 Å². The summed E-state index contributed by atoms with van der Waals surface area (Å²) >= 11 is 6.87. The van der Waals surface area contributed by atoms with E-state index in [1.54, 1.807) is 0 Å². The Balaban J connectivity index is 2.19. The van der Waals surface area contributed by atoms with E-state index in [0.717, 1.165) is 5.69 Å². The molecule has 11 heavy (non-hydrogen) atoms. The van der Waals surface area contributed by atoms with E-state index in [1.165, 1.54) is 11.5 Å². The Bertz CT molecular complexity index is 222. The SMILES string of the molecule is C=C(Cl)CNCc1csnn1. The van der Waals surface area contributed by atoms with Crippen LogP contribution in [-0.4, -0.2) is 16.1 Å². The smallest absolute Gasteiger partial charge is 0.0893 e. The molecular formula is C6H8ClN3S. The molecule has 0 bridgehead atoms. The number of nitrogens with zero attached hydrogens (tertiary/aromatic N) is 2. The molecule has 0 unspecified atom stereocenters. The van der Waals surface area contributed by atoms with Gasteiger partial charge in [-0.2, -0.15) is 0 Å². The van der Waals surface area contributed by atoms with E-state index >= 15 is 0 Å². The van der Waals surface area contributed by atoms with Gasteiger partial charge >= 0.3 is 0 Å². The van der Waals surface area contributed by atoms with Crippen molar-refractivity contribution < 1.29 is 0 Å². The van der Waals surface area contributed by atoms with E-state index in [4.69, 9.17) is 11.6 Å². The van der Waals surface area contributed by atoms with Gasteiger partial charge in [-0.1, -0.05) is 22.7 Å². The molecule has 60 valence electrons. The lowest BCUT2D eigenvalue weighted by atomic mass is 10.5. The first-order valence-electron chi connectivity index (χ1n) is 3.09. The molecule has 1 heterocycles. The summed E-state index contributed by atoms with van der Waals surface area (Å²) in [4.78, 5) is 0. The van der Waals surface area contributed by atoms with Crippen LogP contribution >= 0.6 is 23.1 Å². The van der Waals surface area contributed by atoms with Gasteiger partial charge in [0.1, 0.15) is 0 Å². The summed E-state index contributed by atoms with van der Waals surface area (Å²) in [6, 6.07) is 0. The average Bonchev–Trinajstić information content (AvgIpc) is 2.39. The summed E-state index contributed by atoms with van der Waals surface area (Å²) in [6.45, 7) is 4.85. The molecular weight excluding hydrogens is 182 g/mol. The first-order valence-corrected chi connectivity index (χ1v) is 4.30. The number of rotatable bonds is 4. The lowest BCUT2D eigenvalue weighted by Gasteiger charge is -1.97. The fourth-order valence-electron chi connectivity index (χ4n) is 0.587. The van der Waals surface area contributed by atoms with Crippen molar-refractivity contribution in [1.82, 2.24) is 14.9 Å². The average molecular weight is 190 g/mol. The number of hydrogen-bond donors (Lipinski definition) is 1. The summed E-state index contributed by atoms with van der Waals surface area (Å²) in [6.07, 6.45) is 0. The number of hydrogen-bond acceptors (Lipinski definition) is 4. The maximum atomic E-state index is 5.53. The quantitative estimate of drug-likeness (QED) is 0.778. The summed E-state index contributed by atoms with van der Waals surface area (Å²) in [5.74, 6) is 0. The fraction of sp³-hybridized carbons (Fsp3) is 0.333. The van der Waals surface area contributed by atoms with Crippen molar-refractivity contribution in [1.29, 1.82) is 0 Å². The topological polar surface area (TPSA) is 37.8 Å². The Hall–Kier alpha value is -0.450. The molecule has 1 rings (SSSR count). The van der Waals surface area contributed by atoms with E-state index in [-0.39, 0.29) is 0 Å². The number of halogens is 1. The highest BCUT2D eigenvalue weighted by Gasteiger charge is 1.94. The van der Waals surface area contributed by atoms with Gasteiger partial charge < -0.3 is 5.32 Å². The van der Waals surface area contributed by atoms with Crippen molar-refractivity contribution in [3.8, 4) is 0 Å². The highest BCUT2D eigenvalue weighted by molar-refractivity contribution is 7.03. The van der Waals surface area contributed by atoms with Crippen LogP contribution in [0.3, 0.4) is 0 Å². The summed E-state index contributed by atoms with van der Waals surface area (Å²) in [7, 11) is 0. The van der Waals surface area contributed by atoms with Crippen molar-refractivity contribution >= 4 is 23.1 Å². The molecule has 0 atom stereocenters. The predicted octanol–water partition coefficient (Wildman–Crippen LogP) is 1.38. The zero-order valence-corrected chi connectivity index (χ0v) is 7.45. The summed E-state index contributed by atoms with van der Waals surface area (Å²) in [5, 5.41) is 9.40. The van der Waals surface area contributed by atoms with Crippen LogP contribution in [0.15, 0.2) is 17.0 Å². The van der Waals surface area contributed by atoms with E-state index < -0.39 is 0 Å². The molecule has 0 aliphatic rings. The van der Waals surface area contributed by atoms with E-state index in [9.17, 15) is 0 Å². The van der Waals surface area contributed by atoms with Crippen molar-refractivity contribution in [2.45, 2.75) is 6.54 Å². The first kappa shape index (κ1) is 8.64. The largest absolute Gasteiger partial charge is 0.306 e. The van der Waals surface area contributed by atoms with Gasteiger partial charge in [-0.3, -0.25) is 0 Å². The van der Waals surface area contributed by atoms with Crippen LogP contribution in [0, 0.1) is 0 Å². The third kappa shape index (κ3) is 3.46. The molecule has 0 radical (unpaired) electrons. The Morgan fingerprint density at radius 2 is 2.64 bits per heavy atom. The van der Waals surface area contributed by atoms with Crippen molar-refractivity contribution in [3.05, 3.63) is 22.7 Å². The van der Waals surface area contributed by atoms with Crippen molar-refractivity contribution in [2.75, 3.05) is 6.54 Å². The Morgan fingerprint density at radius 1 is 1.82 bits per heavy atom. The standard InChI is InChI=1S/C6H8ClN3S/c1-5(7)2-8-3-6-4-11-10-9-6/h4,8H,1-3H2. The first-order chi connectivity index (χ1) is 5.29.